The number of aromatic nitrogens is 1. The van der Waals surface area contributed by atoms with Crippen LogP contribution in [0.3, 0.4) is 0 Å². The van der Waals surface area contributed by atoms with Gasteiger partial charge in [0.15, 0.2) is 0 Å². The predicted octanol–water partition coefficient (Wildman–Crippen LogP) is 2.44. The molecule has 3 N–H and O–H groups in total. The average Bonchev–Trinajstić information content (AvgIpc) is 2.66. The number of halogens is 3. The molecule has 2 amide bonds. The highest BCUT2D eigenvalue weighted by Crippen LogP contribution is 2.20. The summed E-state index contributed by atoms with van der Waals surface area (Å²) in [4.78, 5) is 25.7. The Morgan fingerprint density at radius 2 is 2.05 bits per heavy atom. The highest BCUT2D eigenvalue weighted by Gasteiger charge is 2.32. The lowest BCUT2D eigenvalue weighted by molar-refractivity contribution is -0.139. The van der Waals surface area contributed by atoms with E-state index in [0.29, 0.717) is 10.6 Å². The molecule has 0 saturated carbocycles. The number of aromatic amines is 1. The second kappa shape index (κ2) is 5.85. The summed E-state index contributed by atoms with van der Waals surface area (Å²) in [5.41, 5.74) is 0.121. The maximum atomic E-state index is 12.3. The molecule has 1 aromatic heterocycles. The van der Waals surface area contributed by atoms with Crippen LogP contribution in [0.25, 0.3) is 0 Å². The Labute approximate surface area is 112 Å². The van der Waals surface area contributed by atoms with E-state index in [1.807, 2.05) is 0 Å². The molecule has 6 nitrogen and oxygen atoms in total. The van der Waals surface area contributed by atoms with Crippen molar-refractivity contribution in [2.24, 2.45) is 0 Å². The molecule has 1 rings (SSSR count). The Balaban J connectivity index is 2.86. The van der Waals surface area contributed by atoms with Crippen molar-refractivity contribution in [3.05, 3.63) is 17.5 Å². The SMILES string of the molecule is CCN(CC(F)(F)F)C(=O)Nc1cc(C)[nH]c1C(=O)O. The topological polar surface area (TPSA) is 85.4 Å². The molecule has 9 heteroatoms. The molecule has 1 heterocycles. The Kier molecular flexibility index (Phi) is 4.64. The van der Waals surface area contributed by atoms with Gasteiger partial charge in [-0.15, -0.1) is 0 Å². The molecule has 20 heavy (non-hydrogen) atoms. The zero-order valence-corrected chi connectivity index (χ0v) is 10.8. The number of urea groups is 1. The number of aromatic carboxylic acids is 1. The van der Waals surface area contributed by atoms with E-state index in [1.54, 1.807) is 6.92 Å². The first-order chi connectivity index (χ1) is 9.14. The van der Waals surface area contributed by atoms with Crippen molar-refractivity contribution in [2.45, 2.75) is 20.0 Å². The standard InChI is InChI=1S/C11H14F3N3O3/c1-3-17(5-11(12,13)14)10(20)16-7-4-6(2)15-8(7)9(18)19/h4,15H,3,5H2,1-2H3,(H,16,20)(H,18,19). The molecule has 0 saturated heterocycles. The smallest absolute Gasteiger partial charge is 0.406 e. The zero-order chi connectivity index (χ0) is 15.5. The van der Waals surface area contributed by atoms with Crippen molar-refractivity contribution in [3.63, 3.8) is 0 Å². The minimum atomic E-state index is -4.52. The van der Waals surface area contributed by atoms with Gasteiger partial charge in [0.25, 0.3) is 0 Å². The van der Waals surface area contributed by atoms with E-state index in [0.717, 1.165) is 0 Å². The summed E-state index contributed by atoms with van der Waals surface area (Å²) in [6.45, 7) is 1.40. The lowest BCUT2D eigenvalue weighted by Crippen LogP contribution is -2.41. The Morgan fingerprint density at radius 1 is 1.45 bits per heavy atom. The number of anilines is 1. The number of hydrogen-bond acceptors (Lipinski definition) is 2. The average molecular weight is 293 g/mol. The Hall–Kier alpha value is -2.19. The maximum Gasteiger partial charge on any atom is 0.406 e. The molecule has 112 valence electrons. The van der Waals surface area contributed by atoms with E-state index in [1.165, 1.54) is 13.0 Å². The highest BCUT2D eigenvalue weighted by molar-refractivity contribution is 5.99. The van der Waals surface area contributed by atoms with Crippen molar-refractivity contribution in [1.82, 2.24) is 9.88 Å². The van der Waals surface area contributed by atoms with Gasteiger partial charge in [0.1, 0.15) is 12.2 Å². The molecular weight excluding hydrogens is 279 g/mol. The molecule has 0 radical (unpaired) electrons. The van der Waals surface area contributed by atoms with E-state index in [2.05, 4.69) is 10.3 Å². The number of carbonyl (C=O) groups is 2. The van der Waals surface area contributed by atoms with Crippen LogP contribution in [0, 0.1) is 6.92 Å². The van der Waals surface area contributed by atoms with Crippen LogP contribution >= 0.6 is 0 Å². The van der Waals surface area contributed by atoms with Gasteiger partial charge in [-0.25, -0.2) is 9.59 Å². The third kappa shape index (κ3) is 4.18. The molecule has 0 spiro atoms. The lowest BCUT2D eigenvalue weighted by atomic mass is 10.3. The fourth-order valence-electron chi connectivity index (χ4n) is 1.59. The number of aryl methyl sites for hydroxylation is 1. The number of alkyl halides is 3. The molecule has 0 aromatic carbocycles. The summed E-state index contributed by atoms with van der Waals surface area (Å²) in [7, 11) is 0. The van der Waals surface area contributed by atoms with Crippen LogP contribution in [-0.4, -0.2) is 46.3 Å². The van der Waals surface area contributed by atoms with E-state index in [4.69, 9.17) is 5.11 Å². The van der Waals surface area contributed by atoms with E-state index in [9.17, 15) is 22.8 Å². The fraction of sp³-hybridized carbons (Fsp3) is 0.455. The van der Waals surface area contributed by atoms with Gasteiger partial charge in [-0.1, -0.05) is 0 Å². The summed E-state index contributed by atoms with van der Waals surface area (Å²) in [5, 5.41) is 11.1. The Morgan fingerprint density at radius 3 is 2.50 bits per heavy atom. The molecular formula is C11H14F3N3O3. The highest BCUT2D eigenvalue weighted by atomic mass is 19.4. The number of hydrogen-bond donors (Lipinski definition) is 3. The summed E-state index contributed by atoms with van der Waals surface area (Å²) < 4.78 is 36.8. The van der Waals surface area contributed by atoms with Gasteiger partial charge < -0.3 is 20.3 Å². The van der Waals surface area contributed by atoms with E-state index < -0.39 is 24.7 Å². The first-order valence-corrected chi connectivity index (χ1v) is 5.69. The lowest BCUT2D eigenvalue weighted by Gasteiger charge is -2.22. The van der Waals surface area contributed by atoms with Gasteiger partial charge in [-0.3, -0.25) is 0 Å². The molecule has 0 bridgehead atoms. The van der Waals surface area contributed by atoms with Crippen LogP contribution in [0.4, 0.5) is 23.7 Å². The fourth-order valence-corrected chi connectivity index (χ4v) is 1.59. The van der Waals surface area contributed by atoms with Crippen LogP contribution in [0.5, 0.6) is 0 Å². The first kappa shape index (κ1) is 15.9. The molecule has 0 fully saturated rings. The summed E-state index contributed by atoms with van der Waals surface area (Å²) in [6.07, 6.45) is -4.52. The third-order valence-corrected chi connectivity index (χ3v) is 2.45. The van der Waals surface area contributed by atoms with Gasteiger partial charge in [-0.05, 0) is 19.9 Å². The largest absolute Gasteiger partial charge is 0.477 e. The molecule has 0 atom stereocenters. The molecule has 0 unspecified atom stereocenters. The van der Waals surface area contributed by atoms with Gasteiger partial charge in [0.2, 0.25) is 0 Å². The van der Waals surface area contributed by atoms with Gasteiger partial charge in [-0.2, -0.15) is 13.2 Å². The number of nitrogens with zero attached hydrogens (tertiary/aromatic N) is 1. The molecule has 1 aromatic rings. The molecule has 0 aliphatic carbocycles. The van der Waals surface area contributed by atoms with Gasteiger partial charge in [0.05, 0.1) is 5.69 Å². The van der Waals surface area contributed by atoms with E-state index >= 15 is 0 Å². The van der Waals surface area contributed by atoms with Crippen LogP contribution in [0.15, 0.2) is 6.07 Å². The van der Waals surface area contributed by atoms with Gasteiger partial charge in [0, 0.05) is 12.2 Å². The Bertz CT molecular complexity index is 511. The number of amides is 2. The summed E-state index contributed by atoms with van der Waals surface area (Å²) in [5.74, 6) is -1.31. The van der Waals surface area contributed by atoms with Crippen LogP contribution in [-0.2, 0) is 0 Å². The predicted molar refractivity (Wildman–Crippen MR) is 64.8 cm³/mol. The normalized spacial score (nSPS) is 11.2. The van der Waals surface area contributed by atoms with Crippen molar-refractivity contribution in [1.29, 1.82) is 0 Å². The van der Waals surface area contributed by atoms with Crippen molar-refractivity contribution < 1.29 is 27.9 Å². The van der Waals surface area contributed by atoms with Crippen LogP contribution < -0.4 is 5.32 Å². The number of carboxylic acid groups (broad SMARTS) is 1. The minimum absolute atomic E-state index is 0.0689. The quantitative estimate of drug-likeness (QED) is 0.797. The first-order valence-electron chi connectivity index (χ1n) is 5.69. The van der Waals surface area contributed by atoms with Gasteiger partial charge >= 0.3 is 18.2 Å². The number of carbonyl (C=O) groups excluding carboxylic acids is 1. The number of H-pyrrole nitrogens is 1. The number of nitrogens with one attached hydrogen (secondary N) is 2. The summed E-state index contributed by atoms with van der Waals surface area (Å²) in [6, 6.07) is 0.328. The number of carboxylic acids is 1. The third-order valence-electron chi connectivity index (χ3n) is 2.45. The number of rotatable bonds is 4. The second-order valence-corrected chi connectivity index (χ2v) is 4.11. The molecule has 0 aliphatic rings. The van der Waals surface area contributed by atoms with Crippen LogP contribution in [0.1, 0.15) is 23.1 Å². The second-order valence-electron chi connectivity index (χ2n) is 4.11. The van der Waals surface area contributed by atoms with Crippen molar-refractivity contribution in [2.75, 3.05) is 18.4 Å². The maximum absolute atomic E-state index is 12.3. The van der Waals surface area contributed by atoms with E-state index in [-0.39, 0.29) is 17.9 Å². The zero-order valence-electron chi connectivity index (χ0n) is 10.8. The summed E-state index contributed by atoms with van der Waals surface area (Å²) >= 11 is 0. The van der Waals surface area contributed by atoms with Crippen molar-refractivity contribution in [3.8, 4) is 0 Å². The van der Waals surface area contributed by atoms with Crippen molar-refractivity contribution >= 4 is 17.7 Å². The minimum Gasteiger partial charge on any atom is -0.477 e. The molecule has 0 aliphatic heterocycles. The monoisotopic (exact) mass is 293 g/mol. The van der Waals surface area contributed by atoms with Crippen LogP contribution in [0.2, 0.25) is 0 Å².